The van der Waals surface area contributed by atoms with Gasteiger partial charge in [-0.1, -0.05) is 0 Å². The molecule has 1 amide bonds. The molecule has 2 atom stereocenters. The molecule has 0 spiro atoms. The molecule has 1 fully saturated rings. The molecule has 0 aliphatic carbocycles. The summed E-state index contributed by atoms with van der Waals surface area (Å²) >= 11 is 0. The third kappa shape index (κ3) is 1.70. The second-order valence-electron chi connectivity index (χ2n) is 2.96. The summed E-state index contributed by atoms with van der Waals surface area (Å²) < 4.78 is 0. The van der Waals surface area contributed by atoms with Crippen molar-refractivity contribution in [3.8, 4) is 0 Å². The minimum atomic E-state index is 0.164. The van der Waals surface area contributed by atoms with Crippen LogP contribution in [0.1, 0.15) is 19.8 Å². The zero-order valence-corrected chi connectivity index (χ0v) is 6.26. The maximum atomic E-state index is 10.7. The van der Waals surface area contributed by atoms with Gasteiger partial charge in [0.15, 0.2) is 0 Å². The van der Waals surface area contributed by atoms with Gasteiger partial charge in [0.2, 0.25) is 5.91 Å². The molecule has 0 radical (unpaired) electrons. The molecule has 10 heavy (non-hydrogen) atoms. The van der Waals surface area contributed by atoms with Gasteiger partial charge in [-0.15, -0.1) is 0 Å². The average Bonchev–Trinajstić information content (AvgIpc) is 1.88. The van der Waals surface area contributed by atoms with Gasteiger partial charge in [0.1, 0.15) is 0 Å². The highest BCUT2D eigenvalue weighted by Crippen LogP contribution is 2.12. The third-order valence-corrected chi connectivity index (χ3v) is 2.05. The van der Waals surface area contributed by atoms with E-state index in [0.29, 0.717) is 12.3 Å². The molecular formula is C7H14N2O. The van der Waals surface area contributed by atoms with Crippen LogP contribution in [0.15, 0.2) is 0 Å². The number of carbonyl (C=O) groups is 1. The van der Waals surface area contributed by atoms with Crippen molar-refractivity contribution in [3.63, 3.8) is 0 Å². The van der Waals surface area contributed by atoms with Gasteiger partial charge in [-0.2, -0.15) is 0 Å². The Morgan fingerprint density at radius 1 is 1.80 bits per heavy atom. The van der Waals surface area contributed by atoms with Crippen LogP contribution in [-0.4, -0.2) is 18.5 Å². The summed E-state index contributed by atoms with van der Waals surface area (Å²) in [6.45, 7) is 2.75. The Bertz CT molecular complexity index is 124. The van der Waals surface area contributed by atoms with E-state index in [1.807, 2.05) is 6.92 Å². The van der Waals surface area contributed by atoms with Crippen molar-refractivity contribution in [3.05, 3.63) is 0 Å². The molecule has 0 aromatic rings. The minimum Gasteiger partial charge on any atom is -0.356 e. The SMILES string of the molecule is CC(N)C1CCC(=O)NC1. The monoisotopic (exact) mass is 142 g/mol. The largest absolute Gasteiger partial charge is 0.356 e. The maximum Gasteiger partial charge on any atom is 0.220 e. The molecule has 3 heteroatoms. The summed E-state index contributed by atoms with van der Waals surface area (Å²) in [5, 5.41) is 2.79. The van der Waals surface area contributed by atoms with Crippen LogP contribution >= 0.6 is 0 Å². The number of hydrogen-bond donors (Lipinski definition) is 2. The number of rotatable bonds is 1. The van der Waals surface area contributed by atoms with Crippen LogP contribution in [0.5, 0.6) is 0 Å². The standard InChI is InChI=1S/C7H14N2O/c1-5(8)6-2-3-7(10)9-4-6/h5-6H,2-4,8H2,1H3,(H,9,10). The van der Waals surface area contributed by atoms with Crippen LogP contribution < -0.4 is 11.1 Å². The summed E-state index contributed by atoms with van der Waals surface area (Å²) in [5.74, 6) is 0.648. The first-order valence-electron chi connectivity index (χ1n) is 3.72. The smallest absolute Gasteiger partial charge is 0.220 e. The Balaban J connectivity index is 2.33. The fourth-order valence-corrected chi connectivity index (χ4v) is 1.20. The lowest BCUT2D eigenvalue weighted by Gasteiger charge is -2.25. The van der Waals surface area contributed by atoms with E-state index in [1.54, 1.807) is 0 Å². The van der Waals surface area contributed by atoms with E-state index in [1.165, 1.54) is 0 Å². The number of carbonyl (C=O) groups excluding carboxylic acids is 1. The lowest BCUT2D eigenvalue weighted by atomic mass is 9.93. The predicted octanol–water partition coefficient (Wildman–Crippen LogP) is -0.140. The molecule has 0 bridgehead atoms. The highest BCUT2D eigenvalue weighted by Gasteiger charge is 2.20. The van der Waals surface area contributed by atoms with Crippen molar-refractivity contribution < 1.29 is 4.79 Å². The van der Waals surface area contributed by atoms with Crippen molar-refractivity contribution in [2.45, 2.75) is 25.8 Å². The van der Waals surface area contributed by atoms with E-state index >= 15 is 0 Å². The number of nitrogens with two attached hydrogens (primary N) is 1. The molecule has 1 aliphatic rings. The topological polar surface area (TPSA) is 55.1 Å². The van der Waals surface area contributed by atoms with Crippen molar-refractivity contribution in [1.29, 1.82) is 0 Å². The normalized spacial score (nSPS) is 29.4. The van der Waals surface area contributed by atoms with Gasteiger partial charge in [-0.05, 0) is 19.3 Å². The van der Waals surface area contributed by atoms with Gasteiger partial charge in [-0.3, -0.25) is 4.79 Å². The maximum absolute atomic E-state index is 10.7. The summed E-state index contributed by atoms with van der Waals surface area (Å²) in [4.78, 5) is 10.7. The molecule has 58 valence electrons. The quantitative estimate of drug-likeness (QED) is 0.535. The highest BCUT2D eigenvalue weighted by molar-refractivity contribution is 5.76. The molecule has 1 rings (SSSR count). The van der Waals surface area contributed by atoms with E-state index in [0.717, 1.165) is 13.0 Å². The number of hydrogen-bond acceptors (Lipinski definition) is 2. The minimum absolute atomic E-state index is 0.164. The zero-order valence-electron chi connectivity index (χ0n) is 6.26. The van der Waals surface area contributed by atoms with Gasteiger partial charge in [0.05, 0.1) is 0 Å². The van der Waals surface area contributed by atoms with Crippen molar-refractivity contribution in [1.82, 2.24) is 5.32 Å². The summed E-state index contributed by atoms with van der Waals surface area (Å²) in [6, 6.07) is 0.209. The Hall–Kier alpha value is -0.570. The number of piperidine rings is 1. The fraction of sp³-hybridized carbons (Fsp3) is 0.857. The molecule has 0 aromatic carbocycles. The molecule has 3 nitrogen and oxygen atoms in total. The molecule has 0 saturated carbocycles. The first kappa shape index (κ1) is 7.54. The molecule has 1 heterocycles. The number of nitrogens with one attached hydrogen (secondary N) is 1. The van der Waals surface area contributed by atoms with E-state index in [9.17, 15) is 4.79 Å². The summed E-state index contributed by atoms with van der Waals surface area (Å²) in [6.07, 6.45) is 1.59. The highest BCUT2D eigenvalue weighted by atomic mass is 16.1. The third-order valence-electron chi connectivity index (χ3n) is 2.05. The van der Waals surface area contributed by atoms with Crippen molar-refractivity contribution in [2.24, 2.45) is 11.7 Å². The summed E-state index contributed by atoms with van der Waals surface area (Å²) in [5.41, 5.74) is 5.66. The van der Waals surface area contributed by atoms with Gasteiger partial charge in [-0.25, -0.2) is 0 Å². The van der Waals surface area contributed by atoms with E-state index in [-0.39, 0.29) is 11.9 Å². The van der Waals surface area contributed by atoms with Crippen LogP contribution in [0.2, 0.25) is 0 Å². The van der Waals surface area contributed by atoms with Gasteiger partial charge in [0.25, 0.3) is 0 Å². The lowest BCUT2D eigenvalue weighted by Crippen LogP contribution is -2.42. The Labute approximate surface area is 61.0 Å². The molecule has 2 unspecified atom stereocenters. The first-order valence-corrected chi connectivity index (χ1v) is 3.72. The fourth-order valence-electron chi connectivity index (χ4n) is 1.20. The summed E-state index contributed by atoms with van der Waals surface area (Å²) in [7, 11) is 0. The van der Waals surface area contributed by atoms with Crippen LogP contribution in [0, 0.1) is 5.92 Å². The average molecular weight is 142 g/mol. The van der Waals surface area contributed by atoms with Gasteiger partial charge >= 0.3 is 0 Å². The number of amides is 1. The Morgan fingerprint density at radius 2 is 2.50 bits per heavy atom. The van der Waals surface area contributed by atoms with E-state index in [2.05, 4.69) is 5.32 Å². The van der Waals surface area contributed by atoms with Crippen LogP contribution in [0.3, 0.4) is 0 Å². The van der Waals surface area contributed by atoms with Crippen LogP contribution in [0.25, 0.3) is 0 Å². The van der Waals surface area contributed by atoms with Crippen LogP contribution in [-0.2, 0) is 4.79 Å². The second-order valence-corrected chi connectivity index (χ2v) is 2.96. The van der Waals surface area contributed by atoms with Crippen molar-refractivity contribution in [2.75, 3.05) is 6.54 Å². The second kappa shape index (κ2) is 3.01. The Kier molecular flexibility index (Phi) is 2.27. The lowest BCUT2D eigenvalue weighted by molar-refractivity contribution is -0.123. The van der Waals surface area contributed by atoms with E-state index < -0.39 is 0 Å². The molecule has 3 N–H and O–H groups in total. The van der Waals surface area contributed by atoms with Gasteiger partial charge in [0, 0.05) is 19.0 Å². The Morgan fingerprint density at radius 3 is 2.90 bits per heavy atom. The predicted molar refractivity (Wildman–Crippen MR) is 39.4 cm³/mol. The molecular weight excluding hydrogens is 128 g/mol. The molecule has 1 saturated heterocycles. The zero-order chi connectivity index (χ0) is 7.56. The van der Waals surface area contributed by atoms with E-state index in [4.69, 9.17) is 5.73 Å². The molecule has 0 aromatic heterocycles. The van der Waals surface area contributed by atoms with Crippen LogP contribution in [0.4, 0.5) is 0 Å². The van der Waals surface area contributed by atoms with Gasteiger partial charge < -0.3 is 11.1 Å². The first-order chi connectivity index (χ1) is 4.70. The molecule has 1 aliphatic heterocycles. The van der Waals surface area contributed by atoms with Crippen molar-refractivity contribution >= 4 is 5.91 Å².